The second-order valence-corrected chi connectivity index (χ2v) is 6.03. The van der Waals surface area contributed by atoms with Crippen molar-refractivity contribution in [3.8, 4) is 5.75 Å². The fourth-order valence-corrected chi connectivity index (χ4v) is 2.74. The number of hydrogen-bond acceptors (Lipinski definition) is 6. The molecule has 0 radical (unpaired) electrons. The summed E-state index contributed by atoms with van der Waals surface area (Å²) < 4.78 is 34.4. The summed E-state index contributed by atoms with van der Waals surface area (Å²) in [6.07, 6.45) is 2.83. The van der Waals surface area contributed by atoms with Gasteiger partial charge in [-0.05, 0) is 30.3 Å². The van der Waals surface area contributed by atoms with E-state index < -0.39 is 11.6 Å². The molecule has 0 unspecified atom stereocenters. The SMILES string of the molecule is COc1cc(Nc2nc(Nc3ccc4cnn(C)c4c3)ncc2F)ccc1F. The van der Waals surface area contributed by atoms with E-state index >= 15 is 0 Å². The maximum absolute atomic E-state index is 14.1. The molecule has 2 N–H and O–H groups in total. The third-order valence-corrected chi connectivity index (χ3v) is 4.16. The number of nitrogens with zero attached hydrogens (tertiary/aromatic N) is 4. The number of aryl methyl sites for hydroxylation is 1. The predicted octanol–water partition coefficient (Wildman–Crippen LogP) is 4.14. The third kappa shape index (κ3) is 3.41. The van der Waals surface area contributed by atoms with Gasteiger partial charge in [0.2, 0.25) is 5.95 Å². The van der Waals surface area contributed by atoms with Crippen molar-refractivity contribution in [2.45, 2.75) is 0 Å². The average Bonchev–Trinajstić information content (AvgIpc) is 3.06. The monoisotopic (exact) mass is 382 g/mol. The topological polar surface area (TPSA) is 76.9 Å². The summed E-state index contributed by atoms with van der Waals surface area (Å²) >= 11 is 0. The second-order valence-electron chi connectivity index (χ2n) is 6.03. The Morgan fingerprint density at radius 2 is 1.75 bits per heavy atom. The van der Waals surface area contributed by atoms with E-state index in [1.54, 1.807) is 10.9 Å². The van der Waals surface area contributed by atoms with E-state index in [0.717, 1.165) is 22.8 Å². The Hall–Kier alpha value is -3.75. The average molecular weight is 382 g/mol. The minimum atomic E-state index is -0.643. The van der Waals surface area contributed by atoms with E-state index in [1.165, 1.54) is 25.3 Å². The normalized spacial score (nSPS) is 10.9. The third-order valence-electron chi connectivity index (χ3n) is 4.16. The molecule has 2 aromatic heterocycles. The van der Waals surface area contributed by atoms with Gasteiger partial charge in [0.15, 0.2) is 23.2 Å². The van der Waals surface area contributed by atoms with Gasteiger partial charge in [0, 0.05) is 29.9 Å². The maximum Gasteiger partial charge on any atom is 0.229 e. The molecule has 0 amide bonds. The molecule has 0 atom stereocenters. The standard InChI is InChI=1S/C19H16F2N6O/c1-27-16-7-12(4-3-11(16)9-23-27)25-19-22-10-15(21)18(26-19)24-13-5-6-14(20)17(8-13)28-2/h3-10H,1-2H3,(H2,22,24,25,26). The number of fused-ring (bicyclic) bond motifs is 1. The molecule has 0 bridgehead atoms. The van der Waals surface area contributed by atoms with Gasteiger partial charge in [-0.3, -0.25) is 4.68 Å². The largest absolute Gasteiger partial charge is 0.494 e. The van der Waals surface area contributed by atoms with Crippen molar-refractivity contribution < 1.29 is 13.5 Å². The molecule has 2 aromatic carbocycles. The van der Waals surface area contributed by atoms with Gasteiger partial charge in [0.05, 0.1) is 25.0 Å². The number of benzene rings is 2. The van der Waals surface area contributed by atoms with E-state index in [9.17, 15) is 8.78 Å². The van der Waals surface area contributed by atoms with Crippen molar-refractivity contribution in [2.24, 2.45) is 7.05 Å². The van der Waals surface area contributed by atoms with Gasteiger partial charge in [-0.25, -0.2) is 13.8 Å². The molecule has 0 aliphatic carbocycles. The van der Waals surface area contributed by atoms with E-state index in [2.05, 4.69) is 25.7 Å². The number of rotatable bonds is 5. The van der Waals surface area contributed by atoms with Crippen LogP contribution >= 0.6 is 0 Å². The number of ether oxygens (including phenoxy) is 1. The lowest BCUT2D eigenvalue weighted by molar-refractivity contribution is 0.387. The summed E-state index contributed by atoms with van der Waals surface area (Å²) in [5.74, 6) is -0.949. The molecule has 0 saturated carbocycles. The number of hydrogen-bond donors (Lipinski definition) is 2. The van der Waals surface area contributed by atoms with Gasteiger partial charge >= 0.3 is 0 Å². The summed E-state index contributed by atoms with van der Waals surface area (Å²) in [5, 5.41) is 11.0. The highest BCUT2D eigenvalue weighted by Gasteiger charge is 2.10. The second kappa shape index (κ2) is 7.10. The Balaban J connectivity index is 1.60. The van der Waals surface area contributed by atoms with Crippen LogP contribution < -0.4 is 15.4 Å². The quantitative estimate of drug-likeness (QED) is 0.540. The maximum atomic E-state index is 14.1. The van der Waals surface area contributed by atoms with Crippen molar-refractivity contribution in [1.82, 2.24) is 19.7 Å². The van der Waals surface area contributed by atoms with Crippen molar-refractivity contribution in [3.05, 3.63) is 60.4 Å². The molecule has 0 fully saturated rings. The van der Waals surface area contributed by atoms with Gasteiger partial charge in [-0.1, -0.05) is 0 Å². The lowest BCUT2D eigenvalue weighted by atomic mass is 10.2. The van der Waals surface area contributed by atoms with Crippen LogP contribution in [0.3, 0.4) is 0 Å². The zero-order chi connectivity index (χ0) is 19.7. The van der Waals surface area contributed by atoms with Crippen LogP contribution in [0.2, 0.25) is 0 Å². The van der Waals surface area contributed by atoms with Crippen LogP contribution in [-0.2, 0) is 7.05 Å². The van der Waals surface area contributed by atoms with Crippen LogP contribution in [0, 0.1) is 11.6 Å². The van der Waals surface area contributed by atoms with Crippen LogP contribution in [0.25, 0.3) is 10.9 Å². The molecular formula is C19H16F2N6O. The molecule has 2 heterocycles. The van der Waals surface area contributed by atoms with Crippen LogP contribution in [0.1, 0.15) is 0 Å². The fraction of sp³-hybridized carbons (Fsp3) is 0.105. The van der Waals surface area contributed by atoms with Crippen molar-refractivity contribution in [2.75, 3.05) is 17.7 Å². The molecule has 4 aromatic rings. The van der Waals surface area contributed by atoms with E-state index in [0.29, 0.717) is 5.69 Å². The molecule has 142 valence electrons. The summed E-state index contributed by atoms with van der Waals surface area (Å²) in [6, 6.07) is 9.77. The smallest absolute Gasteiger partial charge is 0.229 e. The van der Waals surface area contributed by atoms with E-state index in [-0.39, 0.29) is 17.5 Å². The number of nitrogens with one attached hydrogen (secondary N) is 2. The molecular weight excluding hydrogens is 366 g/mol. The number of halogens is 2. The van der Waals surface area contributed by atoms with E-state index in [1.807, 2.05) is 25.2 Å². The molecule has 0 saturated heterocycles. The van der Waals surface area contributed by atoms with Crippen LogP contribution in [0.15, 0.2) is 48.8 Å². The first kappa shape index (κ1) is 17.7. The molecule has 0 aliphatic rings. The first-order valence-electron chi connectivity index (χ1n) is 8.35. The Labute approximate surface area is 159 Å². The molecule has 0 aliphatic heterocycles. The molecule has 4 rings (SSSR count). The fourth-order valence-electron chi connectivity index (χ4n) is 2.74. The molecule has 28 heavy (non-hydrogen) atoms. The number of anilines is 4. The van der Waals surface area contributed by atoms with Gasteiger partial charge in [0.25, 0.3) is 0 Å². The highest BCUT2D eigenvalue weighted by Crippen LogP contribution is 2.26. The summed E-state index contributed by atoms with van der Waals surface area (Å²) in [6.45, 7) is 0. The van der Waals surface area contributed by atoms with Crippen LogP contribution in [0.4, 0.5) is 31.9 Å². The first-order chi connectivity index (χ1) is 13.5. The summed E-state index contributed by atoms with van der Waals surface area (Å²) in [4.78, 5) is 8.14. The molecule has 9 heteroatoms. The van der Waals surface area contributed by atoms with Gasteiger partial charge in [-0.2, -0.15) is 10.1 Å². The van der Waals surface area contributed by atoms with Gasteiger partial charge < -0.3 is 15.4 Å². The Bertz CT molecular complexity index is 1160. The van der Waals surface area contributed by atoms with E-state index in [4.69, 9.17) is 4.74 Å². The number of methoxy groups -OCH3 is 1. The zero-order valence-corrected chi connectivity index (χ0v) is 15.1. The lowest BCUT2D eigenvalue weighted by Crippen LogP contribution is -2.03. The Kier molecular flexibility index (Phi) is 4.48. The molecule has 7 nitrogen and oxygen atoms in total. The van der Waals surface area contributed by atoms with Crippen molar-refractivity contribution in [1.29, 1.82) is 0 Å². The summed E-state index contributed by atoms with van der Waals surface area (Å²) in [7, 11) is 3.20. The highest BCUT2D eigenvalue weighted by atomic mass is 19.1. The molecule has 0 spiro atoms. The Morgan fingerprint density at radius 3 is 2.57 bits per heavy atom. The summed E-state index contributed by atoms with van der Waals surface area (Å²) in [5.41, 5.74) is 2.10. The zero-order valence-electron chi connectivity index (χ0n) is 15.1. The van der Waals surface area contributed by atoms with Gasteiger partial charge in [-0.15, -0.1) is 0 Å². The van der Waals surface area contributed by atoms with Crippen molar-refractivity contribution in [3.63, 3.8) is 0 Å². The predicted molar refractivity (Wildman–Crippen MR) is 102 cm³/mol. The Morgan fingerprint density at radius 1 is 0.964 bits per heavy atom. The first-order valence-corrected chi connectivity index (χ1v) is 8.35. The highest BCUT2D eigenvalue weighted by molar-refractivity contribution is 5.83. The minimum absolute atomic E-state index is 0.0438. The minimum Gasteiger partial charge on any atom is -0.494 e. The van der Waals surface area contributed by atoms with Gasteiger partial charge in [0.1, 0.15) is 0 Å². The van der Waals surface area contributed by atoms with Crippen molar-refractivity contribution >= 4 is 34.0 Å². The lowest BCUT2D eigenvalue weighted by Gasteiger charge is -2.11. The van der Waals surface area contributed by atoms with Crippen LogP contribution in [0.5, 0.6) is 5.75 Å². The number of aromatic nitrogens is 4. The van der Waals surface area contributed by atoms with Crippen LogP contribution in [-0.4, -0.2) is 26.9 Å².